The van der Waals surface area contributed by atoms with E-state index in [2.05, 4.69) is 11.3 Å². The summed E-state index contributed by atoms with van der Waals surface area (Å²) < 4.78 is 4.61. The van der Waals surface area contributed by atoms with Gasteiger partial charge in [0.2, 0.25) is 0 Å². The summed E-state index contributed by atoms with van der Waals surface area (Å²) in [6.45, 7) is 4.38. The molecule has 0 saturated heterocycles. The van der Waals surface area contributed by atoms with E-state index in [9.17, 15) is 9.59 Å². The van der Waals surface area contributed by atoms with Gasteiger partial charge in [0.05, 0.1) is 6.61 Å². The lowest BCUT2D eigenvalue weighted by Gasteiger charge is -2.01. The number of esters is 1. The van der Waals surface area contributed by atoms with E-state index in [4.69, 9.17) is 5.11 Å². The summed E-state index contributed by atoms with van der Waals surface area (Å²) >= 11 is 0. The molecule has 0 atom stereocenters. The average Bonchev–Trinajstić information content (AvgIpc) is 2.03. The topological polar surface area (TPSA) is 63.6 Å². The Hall–Kier alpha value is -1.16. The van der Waals surface area contributed by atoms with Crippen LogP contribution in [0.15, 0.2) is 12.2 Å². The maximum atomic E-state index is 10.7. The summed E-state index contributed by atoms with van der Waals surface area (Å²) in [5, 5.41) is 8.30. The fraction of sp³-hybridized carbons (Fsp3) is 0.500. The summed E-state index contributed by atoms with van der Waals surface area (Å²) in [6, 6.07) is 0. The Morgan fingerprint density at radius 3 is 2.50 bits per heavy atom. The van der Waals surface area contributed by atoms with E-state index in [0.29, 0.717) is 5.57 Å². The minimum absolute atomic E-state index is 0.00505. The second-order valence-electron chi connectivity index (χ2n) is 2.36. The van der Waals surface area contributed by atoms with Gasteiger partial charge in [-0.15, -0.1) is 0 Å². The third-order valence-electron chi connectivity index (χ3n) is 1.14. The van der Waals surface area contributed by atoms with Gasteiger partial charge < -0.3 is 9.84 Å². The van der Waals surface area contributed by atoms with E-state index in [1.54, 1.807) is 0 Å². The van der Waals surface area contributed by atoms with E-state index < -0.39 is 12.6 Å². The van der Waals surface area contributed by atoms with Crippen LogP contribution in [0.4, 0.5) is 0 Å². The maximum absolute atomic E-state index is 10.7. The summed E-state index contributed by atoms with van der Waals surface area (Å²) in [5.74, 6) is -0.856. The highest BCUT2D eigenvalue weighted by atomic mass is 16.5. The highest BCUT2D eigenvalue weighted by Crippen LogP contribution is 1.93. The zero-order chi connectivity index (χ0) is 9.56. The summed E-state index contributed by atoms with van der Waals surface area (Å²) in [6.07, 6.45) is 0.0511. The van der Waals surface area contributed by atoms with Crippen LogP contribution >= 0.6 is 0 Å². The molecule has 1 N–H and O–H groups in total. The van der Waals surface area contributed by atoms with Crippen LogP contribution in [0.5, 0.6) is 0 Å². The molecule has 0 radical (unpaired) electrons. The Morgan fingerprint density at radius 2 is 2.08 bits per heavy atom. The normalized spacial score (nSPS) is 9.17. The quantitative estimate of drug-likeness (QED) is 0.470. The second-order valence-corrected chi connectivity index (χ2v) is 2.36. The van der Waals surface area contributed by atoms with Crippen LogP contribution in [0.25, 0.3) is 0 Å². The molecule has 12 heavy (non-hydrogen) atoms. The molecule has 4 heteroatoms. The van der Waals surface area contributed by atoms with Gasteiger partial charge in [-0.1, -0.05) is 6.58 Å². The van der Waals surface area contributed by atoms with Gasteiger partial charge in [0, 0.05) is 12.0 Å². The lowest BCUT2D eigenvalue weighted by atomic mass is 10.3. The van der Waals surface area contributed by atoms with Crippen molar-refractivity contribution in [2.24, 2.45) is 0 Å². The first-order valence-electron chi connectivity index (χ1n) is 3.53. The molecule has 0 unspecified atom stereocenters. The fourth-order valence-corrected chi connectivity index (χ4v) is 0.460. The van der Waals surface area contributed by atoms with Crippen LogP contribution in [-0.2, 0) is 14.3 Å². The number of carbonyl (C=O) groups is 2. The molecule has 4 nitrogen and oxygen atoms in total. The third kappa shape index (κ3) is 4.62. The van der Waals surface area contributed by atoms with Crippen molar-refractivity contribution < 1.29 is 19.4 Å². The number of aliphatic hydroxyl groups is 1. The van der Waals surface area contributed by atoms with Crippen molar-refractivity contribution in [3.05, 3.63) is 12.2 Å². The predicted molar refractivity (Wildman–Crippen MR) is 42.5 cm³/mol. The molecule has 0 aromatic carbocycles. The van der Waals surface area contributed by atoms with Crippen LogP contribution in [0.1, 0.15) is 13.3 Å². The first-order valence-corrected chi connectivity index (χ1v) is 3.53. The van der Waals surface area contributed by atoms with Crippen LogP contribution < -0.4 is 0 Å². The highest BCUT2D eigenvalue weighted by Gasteiger charge is 2.04. The van der Waals surface area contributed by atoms with Crippen molar-refractivity contribution in [3.8, 4) is 0 Å². The smallest absolute Gasteiger partial charge is 0.333 e. The van der Waals surface area contributed by atoms with Gasteiger partial charge in [0.1, 0.15) is 6.61 Å². The van der Waals surface area contributed by atoms with Crippen molar-refractivity contribution in [2.75, 3.05) is 13.2 Å². The van der Waals surface area contributed by atoms with Crippen molar-refractivity contribution in [3.63, 3.8) is 0 Å². The minimum atomic E-state index is -0.513. The molecular weight excluding hydrogens is 160 g/mol. The molecule has 0 aromatic heterocycles. The standard InChI is InChI=1S/C8H12O4/c1-6(2)8(11)12-4-3-7(10)5-9/h9H,1,3-5H2,2H3. The summed E-state index contributed by atoms with van der Waals surface area (Å²) in [5.41, 5.74) is 0.298. The third-order valence-corrected chi connectivity index (χ3v) is 1.14. The summed E-state index contributed by atoms with van der Waals surface area (Å²) in [7, 11) is 0. The first kappa shape index (κ1) is 10.8. The van der Waals surface area contributed by atoms with Crippen molar-refractivity contribution in [2.45, 2.75) is 13.3 Å². The lowest BCUT2D eigenvalue weighted by Crippen LogP contribution is -2.12. The van der Waals surface area contributed by atoms with Gasteiger partial charge in [0.15, 0.2) is 5.78 Å². The lowest BCUT2D eigenvalue weighted by molar-refractivity contribution is -0.139. The molecule has 0 saturated carbocycles. The monoisotopic (exact) mass is 172 g/mol. The van der Waals surface area contributed by atoms with Gasteiger partial charge in [0.25, 0.3) is 0 Å². The van der Waals surface area contributed by atoms with Crippen molar-refractivity contribution in [1.82, 2.24) is 0 Å². The minimum Gasteiger partial charge on any atom is -0.462 e. The Labute approximate surface area is 70.8 Å². The fourth-order valence-electron chi connectivity index (χ4n) is 0.460. The van der Waals surface area contributed by atoms with E-state index in [0.717, 1.165) is 0 Å². The molecule has 0 heterocycles. The Bertz CT molecular complexity index is 195. The zero-order valence-electron chi connectivity index (χ0n) is 7.00. The van der Waals surface area contributed by atoms with Crippen LogP contribution in [0.2, 0.25) is 0 Å². The van der Waals surface area contributed by atoms with E-state index >= 15 is 0 Å². The SMILES string of the molecule is C=C(C)C(=O)OCCC(=O)CO. The highest BCUT2D eigenvalue weighted by molar-refractivity contribution is 5.87. The molecule has 0 aliphatic rings. The zero-order valence-corrected chi connectivity index (χ0v) is 7.00. The van der Waals surface area contributed by atoms with Gasteiger partial charge in [-0.25, -0.2) is 4.79 Å². The Balaban J connectivity index is 3.50. The van der Waals surface area contributed by atoms with E-state index in [1.165, 1.54) is 6.92 Å². The van der Waals surface area contributed by atoms with Crippen LogP contribution in [0, 0.1) is 0 Å². The number of hydrogen-bond acceptors (Lipinski definition) is 4. The van der Waals surface area contributed by atoms with Gasteiger partial charge >= 0.3 is 5.97 Å². The Morgan fingerprint density at radius 1 is 1.50 bits per heavy atom. The molecule has 0 spiro atoms. The van der Waals surface area contributed by atoms with Crippen molar-refractivity contribution in [1.29, 1.82) is 0 Å². The number of ether oxygens (including phenoxy) is 1. The molecule has 0 rings (SSSR count). The molecule has 0 bridgehead atoms. The molecule has 0 aliphatic carbocycles. The first-order chi connectivity index (χ1) is 5.57. The van der Waals surface area contributed by atoms with E-state index in [1.807, 2.05) is 0 Å². The Kier molecular flexibility index (Phi) is 4.96. The van der Waals surface area contributed by atoms with Crippen LogP contribution in [-0.4, -0.2) is 30.1 Å². The molecule has 0 amide bonds. The summed E-state index contributed by atoms with van der Waals surface area (Å²) in [4.78, 5) is 21.2. The average molecular weight is 172 g/mol. The number of Topliss-reactive ketones (excluding diaryl/α,β-unsaturated/α-hetero) is 1. The predicted octanol–water partition coefficient (Wildman–Crippen LogP) is 0.0572. The number of ketones is 1. The van der Waals surface area contributed by atoms with Gasteiger partial charge in [-0.05, 0) is 6.92 Å². The number of aliphatic hydroxyl groups excluding tert-OH is 1. The van der Waals surface area contributed by atoms with Gasteiger partial charge in [-0.3, -0.25) is 4.79 Å². The van der Waals surface area contributed by atoms with Crippen LogP contribution in [0.3, 0.4) is 0 Å². The maximum Gasteiger partial charge on any atom is 0.333 e. The molecule has 68 valence electrons. The van der Waals surface area contributed by atoms with Crippen molar-refractivity contribution >= 4 is 11.8 Å². The van der Waals surface area contributed by atoms with Gasteiger partial charge in [-0.2, -0.15) is 0 Å². The number of rotatable bonds is 5. The number of hydrogen-bond donors (Lipinski definition) is 1. The molecule has 0 aromatic rings. The number of carbonyl (C=O) groups excluding carboxylic acids is 2. The molecular formula is C8H12O4. The second kappa shape index (κ2) is 5.49. The van der Waals surface area contributed by atoms with E-state index in [-0.39, 0.29) is 18.8 Å². The largest absolute Gasteiger partial charge is 0.462 e. The molecule has 0 aliphatic heterocycles. The molecule has 0 fully saturated rings.